The van der Waals surface area contributed by atoms with Gasteiger partial charge in [0.1, 0.15) is 11.0 Å². The maximum Gasteiger partial charge on any atom is 0.278 e. The molecule has 0 unspecified atom stereocenters. The van der Waals surface area contributed by atoms with Crippen LogP contribution in [0.25, 0.3) is 16.9 Å². The summed E-state index contributed by atoms with van der Waals surface area (Å²) in [6, 6.07) is 11.7. The summed E-state index contributed by atoms with van der Waals surface area (Å²) in [5.74, 6) is 0.962. The predicted molar refractivity (Wildman–Crippen MR) is 134 cm³/mol. The van der Waals surface area contributed by atoms with Crippen LogP contribution in [0.3, 0.4) is 0 Å². The number of fused-ring (bicyclic) bond motifs is 2. The van der Waals surface area contributed by atoms with Gasteiger partial charge in [-0.1, -0.05) is 12.1 Å². The van der Waals surface area contributed by atoms with Gasteiger partial charge in [-0.2, -0.15) is 4.98 Å². The van der Waals surface area contributed by atoms with E-state index in [9.17, 15) is 9.90 Å². The molecular weight excluding hydrogens is 442 g/mol. The van der Waals surface area contributed by atoms with Crippen LogP contribution in [0.5, 0.6) is 0 Å². The Hall–Kier alpha value is -3.56. The van der Waals surface area contributed by atoms with E-state index in [0.717, 1.165) is 31.6 Å². The fraction of sp³-hybridized carbons (Fsp3) is 0.385. The maximum atomic E-state index is 13.3. The molecule has 1 saturated carbocycles. The highest BCUT2D eigenvalue weighted by Crippen LogP contribution is 2.40. The third-order valence-electron chi connectivity index (χ3n) is 7.07. The van der Waals surface area contributed by atoms with Crippen molar-refractivity contribution >= 4 is 22.7 Å². The Morgan fingerprint density at radius 3 is 2.77 bits per heavy atom. The molecule has 35 heavy (non-hydrogen) atoms. The Morgan fingerprint density at radius 2 is 2.00 bits per heavy atom. The first kappa shape index (κ1) is 21.9. The average molecular weight is 472 g/mol. The van der Waals surface area contributed by atoms with Crippen LogP contribution in [0, 0.1) is 0 Å². The second-order valence-corrected chi connectivity index (χ2v) is 9.79. The normalized spacial score (nSPS) is 16.8. The second kappa shape index (κ2) is 8.28. The van der Waals surface area contributed by atoms with E-state index in [2.05, 4.69) is 27.8 Å². The number of rotatable bonds is 5. The highest BCUT2D eigenvalue weighted by atomic mass is 16.3. The third kappa shape index (κ3) is 3.71. The molecule has 180 valence electrons. The number of hydrogen-bond donors (Lipinski definition) is 3. The van der Waals surface area contributed by atoms with Crippen LogP contribution in [-0.2, 0) is 18.6 Å². The number of benzene rings is 1. The molecule has 3 N–H and O–H groups in total. The molecule has 9 nitrogen and oxygen atoms in total. The number of nitrogens with zero attached hydrogens (tertiary/aromatic N) is 5. The number of pyridine rings is 1. The lowest BCUT2D eigenvalue weighted by molar-refractivity contribution is -0.0426. The van der Waals surface area contributed by atoms with Crippen molar-refractivity contribution in [2.24, 2.45) is 0 Å². The van der Waals surface area contributed by atoms with Crippen molar-refractivity contribution in [3.8, 4) is 5.82 Å². The second-order valence-electron chi connectivity index (χ2n) is 9.79. The zero-order valence-corrected chi connectivity index (χ0v) is 20.0. The summed E-state index contributed by atoms with van der Waals surface area (Å²) < 4.78 is 3.39. The molecule has 1 aliphatic heterocycles. The lowest BCUT2D eigenvalue weighted by Gasteiger charge is -2.36. The quantitative estimate of drug-likeness (QED) is 0.410. The van der Waals surface area contributed by atoms with Crippen molar-refractivity contribution in [2.75, 3.05) is 11.9 Å². The topological polar surface area (TPSA) is 110 Å². The van der Waals surface area contributed by atoms with Crippen molar-refractivity contribution in [1.29, 1.82) is 0 Å². The predicted octanol–water partition coefficient (Wildman–Crippen LogP) is 3.32. The smallest absolute Gasteiger partial charge is 0.278 e. The molecule has 4 aromatic rings. The Labute approximate surface area is 202 Å². The minimum absolute atomic E-state index is 0.125. The van der Waals surface area contributed by atoms with Gasteiger partial charge in [-0.3, -0.25) is 4.79 Å². The fourth-order valence-corrected chi connectivity index (χ4v) is 5.00. The van der Waals surface area contributed by atoms with Crippen LogP contribution < -0.4 is 16.2 Å². The van der Waals surface area contributed by atoms with Crippen LogP contribution in [0.1, 0.15) is 56.0 Å². The molecule has 6 rings (SSSR count). The molecule has 1 aromatic carbocycles. The molecule has 1 aliphatic carbocycles. The minimum Gasteiger partial charge on any atom is -0.384 e. The molecule has 3 aromatic heterocycles. The van der Waals surface area contributed by atoms with Crippen LogP contribution >= 0.6 is 0 Å². The van der Waals surface area contributed by atoms with Crippen LogP contribution in [-0.4, -0.2) is 36.0 Å². The lowest BCUT2D eigenvalue weighted by Crippen LogP contribution is -2.35. The first-order valence-electron chi connectivity index (χ1n) is 12.2. The first-order chi connectivity index (χ1) is 16.9. The molecule has 1 fully saturated rings. The molecule has 0 atom stereocenters. The van der Waals surface area contributed by atoms with Gasteiger partial charge in [0, 0.05) is 24.5 Å². The van der Waals surface area contributed by atoms with Gasteiger partial charge in [0.05, 0.1) is 5.69 Å². The van der Waals surface area contributed by atoms with Gasteiger partial charge in [-0.25, -0.2) is 19.3 Å². The van der Waals surface area contributed by atoms with Crippen molar-refractivity contribution in [1.82, 2.24) is 29.6 Å². The van der Waals surface area contributed by atoms with Gasteiger partial charge in [0.2, 0.25) is 5.95 Å². The zero-order valence-electron chi connectivity index (χ0n) is 20.0. The van der Waals surface area contributed by atoms with Crippen molar-refractivity contribution in [2.45, 2.75) is 57.7 Å². The summed E-state index contributed by atoms with van der Waals surface area (Å²) >= 11 is 0. The fourth-order valence-electron chi connectivity index (χ4n) is 5.00. The highest BCUT2D eigenvalue weighted by molar-refractivity contribution is 5.77. The van der Waals surface area contributed by atoms with E-state index in [0.29, 0.717) is 41.3 Å². The largest absolute Gasteiger partial charge is 0.384 e. The number of aliphatic hydroxyl groups is 1. The summed E-state index contributed by atoms with van der Waals surface area (Å²) in [5.41, 5.74) is 3.57. The molecule has 2 aliphatic rings. The van der Waals surface area contributed by atoms with Crippen molar-refractivity contribution in [3.05, 3.63) is 69.8 Å². The number of hydrogen-bond acceptors (Lipinski definition) is 7. The molecule has 0 bridgehead atoms. The number of aromatic nitrogens is 5. The van der Waals surface area contributed by atoms with E-state index in [1.165, 1.54) is 11.1 Å². The standard InChI is InChI=1S/C26H29N7O2/c1-16(2)32-24(34)20-15-28-25(29-19-8-7-18-14-27-12-9-17(18)13-19)31-23(20)33(32)22-6-3-5-21(30-22)26(35)10-4-11-26/h3,5-8,13,15-16,27,35H,4,9-12,14H2,1-2H3,(H,28,29,31). The number of nitrogens with one attached hydrogen (secondary N) is 2. The molecule has 0 saturated heterocycles. The molecule has 0 amide bonds. The zero-order chi connectivity index (χ0) is 24.2. The Bertz CT molecular complexity index is 1480. The number of anilines is 2. The Balaban J connectivity index is 1.45. The molecular formula is C26H29N7O2. The van der Waals surface area contributed by atoms with Gasteiger partial charge >= 0.3 is 0 Å². The van der Waals surface area contributed by atoms with Gasteiger partial charge < -0.3 is 15.7 Å². The first-order valence-corrected chi connectivity index (χ1v) is 12.2. The average Bonchev–Trinajstić information content (AvgIpc) is 3.14. The van der Waals surface area contributed by atoms with Crippen molar-refractivity contribution in [3.63, 3.8) is 0 Å². The van der Waals surface area contributed by atoms with E-state index < -0.39 is 5.60 Å². The van der Waals surface area contributed by atoms with E-state index >= 15 is 0 Å². The van der Waals surface area contributed by atoms with Gasteiger partial charge in [0.25, 0.3) is 5.56 Å². The van der Waals surface area contributed by atoms with E-state index in [1.807, 2.05) is 38.1 Å². The molecule has 0 spiro atoms. The highest BCUT2D eigenvalue weighted by Gasteiger charge is 2.38. The van der Waals surface area contributed by atoms with Gasteiger partial charge in [-0.05, 0) is 81.5 Å². The van der Waals surface area contributed by atoms with Gasteiger partial charge in [-0.15, -0.1) is 0 Å². The molecule has 9 heteroatoms. The SMILES string of the molecule is CC(C)n1c(=O)c2cnc(Nc3ccc4c(c3)CCNC4)nc2n1-c1cccc(C2(O)CCC2)n1. The summed E-state index contributed by atoms with van der Waals surface area (Å²) in [7, 11) is 0. The minimum atomic E-state index is -0.897. The Morgan fingerprint density at radius 1 is 1.14 bits per heavy atom. The summed E-state index contributed by atoms with van der Waals surface area (Å²) in [4.78, 5) is 27.3. The van der Waals surface area contributed by atoms with Gasteiger partial charge in [0.15, 0.2) is 11.5 Å². The van der Waals surface area contributed by atoms with E-state index in [1.54, 1.807) is 15.6 Å². The summed E-state index contributed by atoms with van der Waals surface area (Å²) in [5, 5.41) is 18.0. The summed E-state index contributed by atoms with van der Waals surface area (Å²) in [6.07, 6.45) is 4.93. The van der Waals surface area contributed by atoms with Crippen LogP contribution in [0.15, 0.2) is 47.4 Å². The monoisotopic (exact) mass is 471 g/mol. The Kier molecular flexibility index (Phi) is 5.19. The molecule has 4 heterocycles. The van der Waals surface area contributed by atoms with Crippen LogP contribution in [0.4, 0.5) is 11.6 Å². The van der Waals surface area contributed by atoms with Crippen LogP contribution in [0.2, 0.25) is 0 Å². The van der Waals surface area contributed by atoms with E-state index in [-0.39, 0.29) is 11.6 Å². The maximum absolute atomic E-state index is 13.3. The molecule has 0 radical (unpaired) electrons. The lowest BCUT2D eigenvalue weighted by atomic mass is 9.77. The summed E-state index contributed by atoms with van der Waals surface area (Å²) in [6.45, 7) is 5.76. The van der Waals surface area contributed by atoms with E-state index in [4.69, 9.17) is 9.97 Å². The van der Waals surface area contributed by atoms with Crippen molar-refractivity contribution < 1.29 is 5.11 Å². The third-order valence-corrected chi connectivity index (χ3v) is 7.07.